The van der Waals surface area contributed by atoms with E-state index in [4.69, 9.17) is 19.2 Å². The van der Waals surface area contributed by atoms with Crippen molar-refractivity contribution in [2.24, 2.45) is 11.8 Å². The lowest BCUT2D eigenvalue weighted by molar-refractivity contribution is -0.243. The number of methoxy groups -OCH3 is 1. The van der Waals surface area contributed by atoms with Crippen LogP contribution in [0.3, 0.4) is 0 Å². The van der Waals surface area contributed by atoms with Gasteiger partial charge in [0.2, 0.25) is 12.3 Å². The SMILES string of the molecule is COC12CC1C(c1cn3nccc3c(OC(C)[C@H]3CNC(O)C3)n1)=CC=C2N1CCN(C(O)OC(C)(C)C)CC1. The van der Waals surface area contributed by atoms with Gasteiger partial charge in [-0.25, -0.2) is 9.50 Å². The summed E-state index contributed by atoms with van der Waals surface area (Å²) in [6.07, 6.45) is 8.09. The Balaban J connectivity index is 1.22. The van der Waals surface area contributed by atoms with Gasteiger partial charge < -0.3 is 29.3 Å². The monoisotopic (exact) mass is 554 g/mol. The molecule has 0 bridgehead atoms. The number of rotatable bonds is 8. The molecule has 2 aromatic rings. The van der Waals surface area contributed by atoms with E-state index in [1.165, 1.54) is 5.70 Å². The van der Waals surface area contributed by atoms with E-state index in [9.17, 15) is 10.2 Å². The Morgan fingerprint density at radius 1 is 1.18 bits per heavy atom. The molecule has 5 unspecified atom stereocenters. The van der Waals surface area contributed by atoms with E-state index in [0.29, 0.717) is 31.9 Å². The number of ether oxygens (including phenoxy) is 3. The molecule has 2 aliphatic carbocycles. The number of hydrogen-bond donors (Lipinski definition) is 3. The highest BCUT2D eigenvalue weighted by Crippen LogP contribution is 2.60. The van der Waals surface area contributed by atoms with Crippen LogP contribution in [0.2, 0.25) is 0 Å². The first-order valence-corrected chi connectivity index (χ1v) is 14.3. The molecule has 4 aliphatic rings. The quantitative estimate of drug-likeness (QED) is 0.417. The molecule has 1 saturated carbocycles. The summed E-state index contributed by atoms with van der Waals surface area (Å²) in [5.41, 5.74) is 3.16. The van der Waals surface area contributed by atoms with Gasteiger partial charge in [-0.3, -0.25) is 10.2 Å². The molecule has 6 rings (SSSR count). The number of piperazine rings is 1. The first kappa shape index (κ1) is 27.6. The van der Waals surface area contributed by atoms with E-state index >= 15 is 0 Å². The fraction of sp³-hybridized carbons (Fsp3) is 0.655. The minimum absolute atomic E-state index is 0.108. The van der Waals surface area contributed by atoms with Crippen molar-refractivity contribution in [3.8, 4) is 5.88 Å². The fourth-order valence-corrected chi connectivity index (χ4v) is 6.35. The highest BCUT2D eigenvalue weighted by Gasteiger charge is 2.62. The van der Waals surface area contributed by atoms with Crippen LogP contribution < -0.4 is 10.1 Å². The van der Waals surface area contributed by atoms with Crippen LogP contribution in [0.15, 0.2) is 36.3 Å². The van der Waals surface area contributed by atoms with Crippen molar-refractivity contribution >= 4 is 11.1 Å². The van der Waals surface area contributed by atoms with Crippen LogP contribution in [-0.2, 0) is 9.47 Å². The van der Waals surface area contributed by atoms with Gasteiger partial charge in [0.25, 0.3) is 0 Å². The van der Waals surface area contributed by atoms with Gasteiger partial charge in [0.15, 0.2) is 0 Å². The number of aliphatic hydroxyl groups is 2. The largest absolute Gasteiger partial charge is 0.473 e. The second kappa shape index (κ2) is 10.4. The van der Waals surface area contributed by atoms with Crippen LogP contribution in [0.4, 0.5) is 0 Å². The van der Waals surface area contributed by atoms with Crippen molar-refractivity contribution in [3.05, 3.63) is 42.0 Å². The number of aromatic nitrogens is 3. The average molecular weight is 555 g/mol. The summed E-state index contributed by atoms with van der Waals surface area (Å²) < 4.78 is 20.2. The van der Waals surface area contributed by atoms with Crippen molar-refractivity contribution in [1.29, 1.82) is 0 Å². The zero-order chi connectivity index (χ0) is 28.2. The van der Waals surface area contributed by atoms with Gasteiger partial charge >= 0.3 is 0 Å². The van der Waals surface area contributed by atoms with Crippen LogP contribution in [0.1, 0.15) is 46.2 Å². The first-order valence-electron chi connectivity index (χ1n) is 14.3. The number of fused-ring (bicyclic) bond motifs is 2. The van der Waals surface area contributed by atoms with Crippen LogP contribution in [-0.4, -0.2) is 104 Å². The maximum absolute atomic E-state index is 10.5. The maximum Gasteiger partial charge on any atom is 0.240 e. The van der Waals surface area contributed by atoms with Gasteiger partial charge in [0, 0.05) is 57.4 Å². The third-order valence-electron chi connectivity index (χ3n) is 8.69. The summed E-state index contributed by atoms with van der Waals surface area (Å²) in [6.45, 7) is 11.6. The van der Waals surface area contributed by atoms with Crippen LogP contribution >= 0.6 is 0 Å². The normalized spacial score (nSPS) is 30.6. The van der Waals surface area contributed by atoms with Gasteiger partial charge in [-0.2, -0.15) is 5.10 Å². The number of nitrogens with one attached hydrogen (secondary N) is 1. The molecule has 6 atom stereocenters. The standard InChI is InChI=1S/C29H42N6O5/c1-18(19-14-25(36)30-16-19)39-26-23-8-9-31-35(23)17-22(32-26)20-6-7-24(29(38-5)15-21(20)29)33-10-12-34(13-11-33)27(37)40-28(2,3)4/h6-9,17-19,21,25,27,30,36-37H,10-16H2,1-5H3/t18?,19-,21?,25?,27?,29?/m1/s1. The maximum atomic E-state index is 10.5. The molecule has 3 N–H and O–H groups in total. The zero-order valence-corrected chi connectivity index (χ0v) is 24.1. The summed E-state index contributed by atoms with van der Waals surface area (Å²) in [4.78, 5) is 9.34. The minimum atomic E-state index is -0.906. The molecule has 40 heavy (non-hydrogen) atoms. The van der Waals surface area contributed by atoms with Crippen molar-refractivity contribution < 1.29 is 24.4 Å². The lowest BCUT2D eigenvalue weighted by atomic mass is 9.96. The first-order chi connectivity index (χ1) is 19.1. The Morgan fingerprint density at radius 3 is 2.62 bits per heavy atom. The van der Waals surface area contributed by atoms with Crippen molar-refractivity contribution in [2.45, 2.75) is 70.5 Å². The molecule has 2 aliphatic heterocycles. The van der Waals surface area contributed by atoms with Crippen molar-refractivity contribution in [3.63, 3.8) is 0 Å². The molecule has 2 saturated heterocycles. The van der Waals surface area contributed by atoms with Crippen LogP contribution in [0.5, 0.6) is 5.88 Å². The van der Waals surface area contributed by atoms with Crippen molar-refractivity contribution in [1.82, 2.24) is 29.7 Å². The van der Waals surface area contributed by atoms with Crippen molar-refractivity contribution in [2.75, 3.05) is 39.8 Å². The molecule has 0 aromatic carbocycles. The van der Waals surface area contributed by atoms with Gasteiger partial charge in [-0.1, -0.05) is 6.08 Å². The topological polar surface area (TPSA) is 117 Å². The number of nitrogens with zero attached hydrogens (tertiary/aromatic N) is 5. The summed E-state index contributed by atoms with van der Waals surface area (Å²) >= 11 is 0. The highest BCUT2D eigenvalue weighted by molar-refractivity contribution is 5.75. The third-order valence-corrected chi connectivity index (χ3v) is 8.69. The lowest BCUT2D eigenvalue weighted by Gasteiger charge is -2.42. The molecule has 2 aromatic heterocycles. The van der Waals surface area contributed by atoms with E-state index < -0.39 is 18.2 Å². The van der Waals surface area contributed by atoms with Gasteiger partial charge in [-0.15, -0.1) is 0 Å². The van der Waals surface area contributed by atoms with E-state index in [1.807, 2.05) is 49.4 Å². The molecular formula is C29H42N6O5. The molecule has 4 heterocycles. The molecule has 11 nitrogen and oxygen atoms in total. The van der Waals surface area contributed by atoms with E-state index in [2.05, 4.69) is 27.5 Å². The summed E-state index contributed by atoms with van der Waals surface area (Å²) in [6, 6.07) is 1.91. The molecule has 3 fully saturated rings. The Hall–Kier alpha value is -2.54. The molecule has 0 amide bonds. The molecule has 0 radical (unpaired) electrons. The smallest absolute Gasteiger partial charge is 0.240 e. The van der Waals surface area contributed by atoms with E-state index in [1.54, 1.807) is 13.3 Å². The zero-order valence-electron chi connectivity index (χ0n) is 24.1. The average Bonchev–Trinajstić information content (AvgIpc) is 3.22. The van der Waals surface area contributed by atoms with Crippen LogP contribution in [0, 0.1) is 11.8 Å². The number of allylic oxidation sites excluding steroid dienone is 2. The summed E-state index contributed by atoms with van der Waals surface area (Å²) in [5, 5.41) is 28.0. The predicted octanol–water partition coefficient (Wildman–Crippen LogP) is 1.82. The minimum Gasteiger partial charge on any atom is -0.473 e. The second-order valence-corrected chi connectivity index (χ2v) is 12.4. The van der Waals surface area contributed by atoms with Crippen LogP contribution in [0.25, 0.3) is 11.1 Å². The molecule has 11 heteroatoms. The summed E-state index contributed by atoms with van der Waals surface area (Å²) in [7, 11) is 1.79. The molecular weight excluding hydrogens is 512 g/mol. The van der Waals surface area contributed by atoms with E-state index in [0.717, 1.165) is 36.3 Å². The third kappa shape index (κ3) is 5.15. The van der Waals surface area contributed by atoms with E-state index in [-0.39, 0.29) is 23.5 Å². The Morgan fingerprint density at radius 2 is 1.95 bits per heavy atom. The van der Waals surface area contributed by atoms with Gasteiger partial charge in [0.1, 0.15) is 23.4 Å². The van der Waals surface area contributed by atoms with Gasteiger partial charge in [0.05, 0.1) is 23.7 Å². The number of aliphatic hydroxyl groups excluding tert-OH is 2. The van der Waals surface area contributed by atoms with Gasteiger partial charge in [-0.05, 0) is 58.3 Å². The Labute approximate surface area is 235 Å². The highest BCUT2D eigenvalue weighted by atomic mass is 16.6. The number of hydrogen-bond acceptors (Lipinski definition) is 10. The summed E-state index contributed by atoms with van der Waals surface area (Å²) in [5.74, 6) is 0.940. The lowest BCUT2D eigenvalue weighted by Crippen LogP contribution is -2.53. The Kier molecular flexibility index (Phi) is 7.17. The predicted molar refractivity (Wildman–Crippen MR) is 149 cm³/mol. The molecule has 218 valence electrons. The Bertz CT molecular complexity index is 1300. The second-order valence-electron chi connectivity index (χ2n) is 12.4. The fourth-order valence-electron chi connectivity index (χ4n) is 6.35. The molecule has 0 spiro atoms.